The first-order valence-electron chi connectivity index (χ1n) is 5.46. The third-order valence-electron chi connectivity index (χ3n) is 3.07. The van der Waals surface area contributed by atoms with Crippen LogP contribution in [0.5, 0.6) is 0 Å². The molecule has 0 aromatic carbocycles. The van der Waals surface area contributed by atoms with Gasteiger partial charge in [0, 0.05) is 25.0 Å². The predicted molar refractivity (Wildman–Crippen MR) is 56.0 cm³/mol. The zero-order chi connectivity index (χ0) is 11.5. The van der Waals surface area contributed by atoms with Crippen molar-refractivity contribution < 1.29 is 8.78 Å². The van der Waals surface area contributed by atoms with Gasteiger partial charge in [0.05, 0.1) is 6.54 Å². The Morgan fingerprint density at radius 1 is 1.56 bits per heavy atom. The number of imidazole rings is 1. The van der Waals surface area contributed by atoms with Gasteiger partial charge in [-0.25, -0.2) is 4.98 Å². The topological polar surface area (TPSA) is 47.1 Å². The minimum Gasteiger partial charge on any atom is -0.329 e. The van der Waals surface area contributed by atoms with Crippen molar-refractivity contribution in [3.8, 4) is 0 Å². The van der Waals surface area contributed by atoms with Gasteiger partial charge in [0.2, 0.25) is 0 Å². The highest BCUT2D eigenvalue weighted by Gasteiger charge is 2.25. The Balaban J connectivity index is 2.05. The number of hydrogen-bond acceptors (Lipinski definition) is 3. The van der Waals surface area contributed by atoms with Crippen molar-refractivity contribution in [3.63, 3.8) is 0 Å². The highest BCUT2D eigenvalue weighted by atomic mass is 19.3. The summed E-state index contributed by atoms with van der Waals surface area (Å²) >= 11 is 0. The molecule has 1 aliphatic heterocycles. The van der Waals surface area contributed by atoms with Crippen molar-refractivity contribution in [2.24, 2.45) is 5.73 Å². The molecule has 1 aromatic heterocycles. The molecule has 1 fully saturated rings. The third-order valence-corrected chi connectivity index (χ3v) is 3.07. The molecule has 2 heterocycles. The maximum Gasteiger partial charge on any atom is 0.319 e. The molecule has 1 aromatic rings. The van der Waals surface area contributed by atoms with Crippen molar-refractivity contribution in [1.82, 2.24) is 14.5 Å². The lowest BCUT2D eigenvalue weighted by Crippen LogP contribution is -2.35. The first-order chi connectivity index (χ1) is 7.72. The molecule has 0 spiro atoms. The molecule has 16 heavy (non-hydrogen) atoms. The summed E-state index contributed by atoms with van der Waals surface area (Å²) in [6.45, 7) is -0.566. The van der Waals surface area contributed by atoms with E-state index in [1.54, 1.807) is 0 Å². The normalized spacial score (nSPS) is 22.1. The van der Waals surface area contributed by atoms with Crippen LogP contribution in [-0.4, -0.2) is 33.6 Å². The van der Waals surface area contributed by atoms with Gasteiger partial charge < -0.3 is 5.73 Å². The molecular formula is C10H16F2N4. The molecule has 1 saturated heterocycles. The summed E-state index contributed by atoms with van der Waals surface area (Å²) in [6.07, 6.45) is 4.85. The number of alkyl halides is 2. The quantitative estimate of drug-likeness (QED) is 0.845. The highest BCUT2D eigenvalue weighted by molar-refractivity contribution is 4.95. The van der Waals surface area contributed by atoms with Gasteiger partial charge in [-0.15, -0.1) is 0 Å². The molecule has 0 amide bonds. The van der Waals surface area contributed by atoms with E-state index in [-0.39, 0.29) is 0 Å². The maximum atomic E-state index is 12.6. The number of aromatic nitrogens is 2. The summed E-state index contributed by atoms with van der Waals surface area (Å²) in [6, 6.07) is 0.308. The number of halogens is 2. The van der Waals surface area contributed by atoms with Crippen LogP contribution in [0, 0.1) is 0 Å². The second-order valence-corrected chi connectivity index (χ2v) is 4.03. The van der Waals surface area contributed by atoms with Crippen molar-refractivity contribution >= 4 is 0 Å². The lowest BCUT2D eigenvalue weighted by Gasteiger charge is -2.22. The zero-order valence-corrected chi connectivity index (χ0v) is 9.02. The largest absolute Gasteiger partial charge is 0.329 e. The third kappa shape index (κ3) is 2.22. The summed E-state index contributed by atoms with van der Waals surface area (Å²) in [4.78, 5) is 6.10. The minimum atomic E-state index is -2.52. The van der Waals surface area contributed by atoms with Gasteiger partial charge in [-0.1, -0.05) is 0 Å². The summed E-state index contributed by atoms with van der Waals surface area (Å²) < 4.78 is 26.1. The summed E-state index contributed by atoms with van der Waals surface area (Å²) in [5.41, 5.74) is 5.63. The van der Waals surface area contributed by atoms with E-state index in [4.69, 9.17) is 5.73 Å². The van der Waals surface area contributed by atoms with Crippen LogP contribution in [0.1, 0.15) is 25.2 Å². The van der Waals surface area contributed by atoms with E-state index in [1.165, 1.54) is 12.4 Å². The Hall–Kier alpha value is -1.01. The average molecular weight is 230 g/mol. The van der Waals surface area contributed by atoms with Crippen molar-refractivity contribution in [3.05, 3.63) is 18.2 Å². The van der Waals surface area contributed by atoms with Crippen LogP contribution < -0.4 is 5.73 Å². The molecule has 1 atom stereocenters. The van der Waals surface area contributed by atoms with Crippen LogP contribution in [0.25, 0.3) is 0 Å². The molecule has 2 rings (SSSR count). The molecular weight excluding hydrogens is 214 g/mol. The first kappa shape index (κ1) is 11.5. The van der Waals surface area contributed by atoms with Gasteiger partial charge in [0.1, 0.15) is 5.82 Å². The van der Waals surface area contributed by atoms with Gasteiger partial charge in [-0.2, -0.15) is 8.78 Å². The van der Waals surface area contributed by atoms with E-state index >= 15 is 0 Å². The molecule has 0 radical (unpaired) electrons. The second-order valence-electron chi connectivity index (χ2n) is 4.03. The smallest absolute Gasteiger partial charge is 0.319 e. The lowest BCUT2D eigenvalue weighted by molar-refractivity contribution is 0.0635. The Kier molecular flexibility index (Phi) is 3.50. The molecule has 1 aliphatic rings. The first-order valence-corrected chi connectivity index (χ1v) is 5.46. The Labute approximate surface area is 93.0 Å². The van der Waals surface area contributed by atoms with Gasteiger partial charge in [0.25, 0.3) is 0 Å². The Morgan fingerprint density at radius 3 is 3.06 bits per heavy atom. The standard InChI is InChI=1S/C10H16F2N4/c11-10(12)16-5-3-14-9(16)7-15-4-1-2-8(15)6-13/h3,5,8,10H,1-2,4,6-7,13H2. The molecule has 4 nitrogen and oxygen atoms in total. The molecule has 6 heteroatoms. The predicted octanol–water partition coefficient (Wildman–Crippen LogP) is 1.20. The van der Waals surface area contributed by atoms with E-state index < -0.39 is 6.55 Å². The Morgan fingerprint density at radius 2 is 2.38 bits per heavy atom. The van der Waals surface area contributed by atoms with Crippen molar-refractivity contribution in [2.75, 3.05) is 13.1 Å². The van der Waals surface area contributed by atoms with E-state index in [1.807, 2.05) is 0 Å². The van der Waals surface area contributed by atoms with Gasteiger partial charge in [0.15, 0.2) is 0 Å². The van der Waals surface area contributed by atoms with Crippen molar-refractivity contribution in [1.29, 1.82) is 0 Å². The van der Waals surface area contributed by atoms with Crippen LogP contribution in [0.4, 0.5) is 8.78 Å². The highest BCUT2D eigenvalue weighted by Crippen LogP contribution is 2.20. The molecule has 1 unspecified atom stereocenters. The fourth-order valence-corrected chi connectivity index (χ4v) is 2.20. The number of nitrogens with zero attached hydrogens (tertiary/aromatic N) is 3. The van der Waals surface area contributed by atoms with Crippen LogP contribution in [0.3, 0.4) is 0 Å². The summed E-state index contributed by atoms with van der Waals surface area (Å²) in [7, 11) is 0. The van der Waals surface area contributed by atoms with Crippen LogP contribution >= 0.6 is 0 Å². The number of nitrogens with two attached hydrogens (primary N) is 1. The summed E-state index contributed by atoms with van der Waals surface area (Å²) in [5, 5.41) is 0. The fourth-order valence-electron chi connectivity index (χ4n) is 2.20. The van der Waals surface area contributed by atoms with Gasteiger partial charge >= 0.3 is 6.55 Å². The molecule has 0 aliphatic carbocycles. The fraction of sp³-hybridized carbons (Fsp3) is 0.700. The van der Waals surface area contributed by atoms with Crippen LogP contribution in [0.15, 0.2) is 12.4 Å². The number of rotatable bonds is 4. The maximum absolute atomic E-state index is 12.6. The monoisotopic (exact) mass is 230 g/mol. The SMILES string of the molecule is NCC1CCCN1Cc1nccn1C(F)F. The van der Waals surface area contributed by atoms with Gasteiger partial charge in [-0.3, -0.25) is 9.47 Å². The van der Waals surface area contributed by atoms with E-state index in [0.717, 1.165) is 24.0 Å². The van der Waals surface area contributed by atoms with E-state index in [2.05, 4.69) is 9.88 Å². The molecule has 90 valence electrons. The minimum absolute atomic E-state index is 0.308. The van der Waals surface area contributed by atoms with E-state index in [0.29, 0.717) is 25.0 Å². The molecule has 2 N–H and O–H groups in total. The number of hydrogen-bond donors (Lipinski definition) is 1. The second kappa shape index (κ2) is 4.88. The zero-order valence-electron chi connectivity index (χ0n) is 9.02. The molecule has 0 saturated carbocycles. The molecule has 0 bridgehead atoms. The average Bonchev–Trinajstić information content (AvgIpc) is 2.86. The van der Waals surface area contributed by atoms with Crippen LogP contribution in [0.2, 0.25) is 0 Å². The lowest BCUT2D eigenvalue weighted by atomic mass is 10.2. The van der Waals surface area contributed by atoms with E-state index in [9.17, 15) is 8.78 Å². The van der Waals surface area contributed by atoms with Crippen LogP contribution in [-0.2, 0) is 6.54 Å². The summed E-state index contributed by atoms with van der Waals surface area (Å²) in [5.74, 6) is 0.412. The van der Waals surface area contributed by atoms with Gasteiger partial charge in [-0.05, 0) is 19.4 Å². The number of likely N-dealkylation sites (tertiary alicyclic amines) is 1. The van der Waals surface area contributed by atoms with Crippen molar-refractivity contribution in [2.45, 2.75) is 32.0 Å². The Bertz CT molecular complexity index is 339.